The lowest BCUT2D eigenvalue weighted by Crippen LogP contribution is -2.31. The first-order valence-electron chi connectivity index (χ1n) is 3.24. The fraction of sp³-hybridized carbons (Fsp3) is 0.429. The summed E-state index contributed by atoms with van der Waals surface area (Å²) in [6.07, 6.45) is 2.19. The van der Waals surface area contributed by atoms with E-state index in [9.17, 15) is 0 Å². The van der Waals surface area contributed by atoms with E-state index in [-0.39, 0.29) is 0 Å². The first-order chi connectivity index (χ1) is 4.93. The Labute approximate surface area is 75.8 Å². The summed E-state index contributed by atoms with van der Waals surface area (Å²) in [7, 11) is 0. The molecule has 0 radical (unpaired) electrons. The molecule has 11 heavy (non-hydrogen) atoms. The molecular weight excluding hydrogens is 183 g/mol. The van der Waals surface area contributed by atoms with Crippen molar-refractivity contribution in [2.45, 2.75) is 18.2 Å². The highest BCUT2D eigenvalue weighted by molar-refractivity contribution is 6.34. The minimum Gasteiger partial charge on any atom is -0.402 e. The number of hydrogen-bond acceptors (Lipinski definition) is 2. The first-order valence-corrected chi connectivity index (χ1v) is 4.00. The van der Waals surface area contributed by atoms with Gasteiger partial charge in [0.1, 0.15) is 0 Å². The Balaban J connectivity index is 3.07. The van der Waals surface area contributed by atoms with Crippen molar-refractivity contribution in [3.05, 3.63) is 22.5 Å². The lowest BCUT2D eigenvalue weighted by atomic mass is 9.96. The van der Waals surface area contributed by atoms with Crippen molar-refractivity contribution in [2.75, 3.05) is 0 Å². The Morgan fingerprint density at radius 1 is 1.55 bits per heavy atom. The molecule has 1 aliphatic carbocycles. The van der Waals surface area contributed by atoms with Crippen molar-refractivity contribution in [1.29, 1.82) is 0 Å². The summed E-state index contributed by atoms with van der Waals surface area (Å²) in [4.78, 5) is -0.615. The number of nitrogens with two attached hydrogens (primary N) is 2. The molecule has 1 unspecified atom stereocenters. The highest BCUT2D eigenvalue weighted by Crippen LogP contribution is 2.34. The Bertz CT molecular complexity index is 241. The molecule has 0 heterocycles. The summed E-state index contributed by atoms with van der Waals surface area (Å²) >= 11 is 11.8. The number of allylic oxidation sites excluding steroid dienone is 4. The highest BCUT2D eigenvalue weighted by Gasteiger charge is 2.30. The van der Waals surface area contributed by atoms with Crippen LogP contribution in [0.25, 0.3) is 0 Å². The van der Waals surface area contributed by atoms with Gasteiger partial charge in [-0.05, 0) is 13.0 Å². The predicted molar refractivity (Wildman–Crippen MR) is 48.2 cm³/mol. The van der Waals surface area contributed by atoms with Crippen LogP contribution in [-0.4, -0.2) is 4.87 Å². The Kier molecular flexibility index (Phi) is 2.08. The molecule has 62 valence electrons. The third kappa shape index (κ3) is 1.63. The van der Waals surface area contributed by atoms with Crippen LogP contribution in [0.15, 0.2) is 22.5 Å². The molecule has 0 bridgehead atoms. The molecular formula is C7H10Cl2N2. The summed E-state index contributed by atoms with van der Waals surface area (Å²) in [5.74, 6) is 0. The summed E-state index contributed by atoms with van der Waals surface area (Å²) < 4.78 is 0. The largest absolute Gasteiger partial charge is 0.402 e. The van der Waals surface area contributed by atoms with Gasteiger partial charge in [0.15, 0.2) is 0 Å². The van der Waals surface area contributed by atoms with E-state index in [2.05, 4.69) is 0 Å². The molecule has 1 rings (SSSR count). The molecule has 0 saturated carbocycles. The average molecular weight is 193 g/mol. The van der Waals surface area contributed by atoms with E-state index in [0.29, 0.717) is 22.8 Å². The molecule has 2 nitrogen and oxygen atoms in total. The van der Waals surface area contributed by atoms with Crippen molar-refractivity contribution in [2.24, 2.45) is 11.5 Å². The Morgan fingerprint density at radius 3 is 2.55 bits per heavy atom. The van der Waals surface area contributed by atoms with E-state index >= 15 is 0 Å². The summed E-state index contributed by atoms with van der Waals surface area (Å²) in [6, 6.07) is 0. The van der Waals surface area contributed by atoms with Gasteiger partial charge in [-0.3, -0.25) is 0 Å². The fourth-order valence-corrected chi connectivity index (χ4v) is 1.67. The fourth-order valence-electron chi connectivity index (χ4n) is 1.02. The first kappa shape index (κ1) is 8.75. The monoisotopic (exact) mass is 192 g/mol. The highest BCUT2D eigenvalue weighted by atomic mass is 35.5. The molecule has 1 aliphatic rings. The average Bonchev–Trinajstić information content (AvgIpc) is 1.81. The molecule has 0 aliphatic heterocycles. The minimum absolute atomic E-state index is 0.450. The molecule has 0 saturated heterocycles. The molecule has 0 amide bonds. The van der Waals surface area contributed by atoms with Gasteiger partial charge in [-0.2, -0.15) is 0 Å². The van der Waals surface area contributed by atoms with Crippen LogP contribution in [0.4, 0.5) is 0 Å². The van der Waals surface area contributed by atoms with E-state index in [1.54, 1.807) is 13.0 Å². The molecule has 0 aromatic carbocycles. The third-order valence-electron chi connectivity index (χ3n) is 1.67. The van der Waals surface area contributed by atoms with Crippen LogP contribution in [0.1, 0.15) is 13.3 Å². The zero-order chi connectivity index (χ0) is 8.65. The van der Waals surface area contributed by atoms with E-state index < -0.39 is 4.87 Å². The van der Waals surface area contributed by atoms with Crippen LogP contribution < -0.4 is 11.5 Å². The van der Waals surface area contributed by atoms with Gasteiger partial charge in [0.2, 0.25) is 0 Å². The van der Waals surface area contributed by atoms with Crippen molar-refractivity contribution in [3.8, 4) is 0 Å². The van der Waals surface area contributed by atoms with Gasteiger partial charge in [-0.1, -0.05) is 11.6 Å². The Hall–Kier alpha value is -0.340. The van der Waals surface area contributed by atoms with Crippen LogP contribution in [0, 0.1) is 0 Å². The second-order valence-electron chi connectivity index (χ2n) is 2.86. The van der Waals surface area contributed by atoms with Crippen molar-refractivity contribution in [3.63, 3.8) is 0 Å². The van der Waals surface area contributed by atoms with Crippen LogP contribution in [0.5, 0.6) is 0 Å². The van der Waals surface area contributed by atoms with Crippen LogP contribution in [0.3, 0.4) is 0 Å². The maximum Gasteiger partial charge on any atom is 0.0879 e. The number of alkyl halides is 1. The van der Waals surface area contributed by atoms with Gasteiger partial charge in [-0.15, -0.1) is 11.6 Å². The zero-order valence-corrected chi connectivity index (χ0v) is 7.71. The van der Waals surface area contributed by atoms with Gasteiger partial charge in [0.25, 0.3) is 0 Å². The smallest absolute Gasteiger partial charge is 0.0879 e. The van der Waals surface area contributed by atoms with E-state index in [1.165, 1.54) is 0 Å². The minimum atomic E-state index is -0.615. The van der Waals surface area contributed by atoms with Crippen molar-refractivity contribution in [1.82, 2.24) is 0 Å². The van der Waals surface area contributed by atoms with Gasteiger partial charge in [0, 0.05) is 17.8 Å². The summed E-state index contributed by atoms with van der Waals surface area (Å²) in [5.41, 5.74) is 12.4. The topological polar surface area (TPSA) is 52.0 Å². The molecule has 4 heteroatoms. The summed E-state index contributed by atoms with van der Waals surface area (Å²) in [5, 5.41) is 0.450. The molecule has 0 fully saturated rings. The summed E-state index contributed by atoms with van der Waals surface area (Å²) in [6.45, 7) is 1.80. The number of hydrogen-bond donors (Lipinski definition) is 2. The maximum absolute atomic E-state index is 6.02. The van der Waals surface area contributed by atoms with Crippen LogP contribution in [-0.2, 0) is 0 Å². The normalized spacial score (nSPS) is 32.1. The third-order valence-corrected chi connectivity index (χ3v) is 2.32. The van der Waals surface area contributed by atoms with E-state index in [1.807, 2.05) is 0 Å². The van der Waals surface area contributed by atoms with Gasteiger partial charge >= 0.3 is 0 Å². The molecule has 4 N–H and O–H groups in total. The molecule has 0 aromatic heterocycles. The molecule has 0 aromatic rings. The maximum atomic E-state index is 6.02. The second kappa shape index (κ2) is 2.61. The standard InChI is InChI=1S/C7H10Cl2N2/c1-7(9)3-4(10)2-5(8)6(7)11/h2H,3,10-11H2,1H3. The van der Waals surface area contributed by atoms with Crippen molar-refractivity contribution >= 4 is 23.2 Å². The van der Waals surface area contributed by atoms with Gasteiger partial charge in [-0.25, -0.2) is 0 Å². The van der Waals surface area contributed by atoms with Crippen molar-refractivity contribution < 1.29 is 0 Å². The lowest BCUT2D eigenvalue weighted by Gasteiger charge is -2.27. The number of halogens is 2. The quantitative estimate of drug-likeness (QED) is 0.574. The number of rotatable bonds is 0. The zero-order valence-electron chi connectivity index (χ0n) is 6.20. The second-order valence-corrected chi connectivity index (χ2v) is 4.10. The van der Waals surface area contributed by atoms with E-state index in [4.69, 9.17) is 34.7 Å². The predicted octanol–water partition coefficient (Wildman–Crippen LogP) is 1.64. The van der Waals surface area contributed by atoms with E-state index in [0.717, 1.165) is 0 Å². The van der Waals surface area contributed by atoms with Gasteiger partial charge < -0.3 is 11.5 Å². The SMILES string of the molecule is CC1(Cl)CC(N)=CC(Cl)=C1N. The Morgan fingerprint density at radius 2 is 2.09 bits per heavy atom. The molecule has 1 atom stereocenters. The molecule has 0 spiro atoms. The van der Waals surface area contributed by atoms with Crippen LogP contribution in [0.2, 0.25) is 0 Å². The van der Waals surface area contributed by atoms with Crippen LogP contribution >= 0.6 is 23.2 Å². The van der Waals surface area contributed by atoms with Gasteiger partial charge in [0.05, 0.1) is 9.91 Å². The lowest BCUT2D eigenvalue weighted by molar-refractivity contribution is 0.688.